The van der Waals surface area contributed by atoms with Crippen molar-refractivity contribution >= 4 is 0 Å². The zero-order valence-electron chi connectivity index (χ0n) is 11.8. The zero-order chi connectivity index (χ0) is 12.5. The van der Waals surface area contributed by atoms with Crippen LogP contribution in [-0.2, 0) is 9.47 Å². The molecular weight excluding hydrogens is 226 g/mol. The molecule has 3 aliphatic rings. The van der Waals surface area contributed by atoms with E-state index in [-0.39, 0.29) is 5.79 Å². The molecule has 0 N–H and O–H groups in total. The van der Waals surface area contributed by atoms with E-state index in [9.17, 15) is 0 Å². The predicted octanol–water partition coefficient (Wildman–Crippen LogP) is 2.69. The first-order valence-corrected chi connectivity index (χ1v) is 7.85. The minimum Gasteiger partial charge on any atom is -0.347 e. The zero-order valence-corrected chi connectivity index (χ0v) is 11.8. The van der Waals surface area contributed by atoms with Crippen molar-refractivity contribution in [2.75, 3.05) is 33.3 Å². The lowest BCUT2D eigenvalue weighted by Gasteiger charge is -2.39. The van der Waals surface area contributed by atoms with Crippen LogP contribution in [0.2, 0.25) is 0 Å². The Morgan fingerprint density at radius 1 is 1.00 bits per heavy atom. The highest BCUT2D eigenvalue weighted by Gasteiger charge is 2.44. The van der Waals surface area contributed by atoms with Crippen molar-refractivity contribution in [1.29, 1.82) is 0 Å². The van der Waals surface area contributed by atoms with Gasteiger partial charge in [0.25, 0.3) is 0 Å². The quantitative estimate of drug-likeness (QED) is 0.705. The molecule has 1 spiro atoms. The van der Waals surface area contributed by atoms with E-state index in [4.69, 9.17) is 9.47 Å². The highest BCUT2D eigenvalue weighted by atomic mass is 16.7. The second kappa shape index (κ2) is 5.10. The molecule has 0 aromatic heterocycles. The number of ether oxygens (including phenoxy) is 2. The average Bonchev–Trinajstić information content (AvgIpc) is 2.73. The SMILES string of the molecule is C[N+]1(C[C@H]2COC3(CCCCC3)O2)CCCCC1. The highest BCUT2D eigenvalue weighted by molar-refractivity contribution is 4.82. The van der Waals surface area contributed by atoms with Gasteiger partial charge in [-0.3, -0.25) is 0 Å². The Hall–Kier alpha value is -0.120. The van der Waals surface area contributed by atoms with Gasteiger partial charge in [0.1, 0.15) is 12.6 Å². The van der Waals surface area contributed by atoms with Crippen LogP contribution in [-0.4, -0.2) is 49.7 Å². The summed E-state index contributed by atoms with van der Waals surface area (Å²) >= 11 is 0. The lowest BCUT2D eigenvalue weighted by molar-refractivity contribution is -0.916. The Balaban J connectivity index is 1.55. The van der Waals surface area contributed by atoms with Crippen LogP contribution >= 0.6 is 0 Å². The summed E-state index contributed by atoms with van der Waals surface area (Å²) in [5.74, 6) is -0.183. The van der Waals surface area contributed by atoms with Crippen LogP contribution in [0.25, 0.3) is 0 Å². The smallest absolute Gasteiger partial charge is 0.169 e. The first-order chi connectivity index (χ1) is 8.70. The molecule has 0 bridgehead atoms. The van der Waals surface area contributed by atoms with E-state index in [0.717, 1.165) is 26.0 Å². The van der Waals surface area contributed by atoms with Crippen molar-refractivity contribution in [3.05, 3.63) is 0 Å². The van der Waals surface area contributed by atoms with E-state index in [2.05, 4.69) is 7.05 Å². The Morgan fingerprint density at radius 3 is 2.39 bits per heavy atom. The minimum absolute atomic E-state index is 0.183. The fourth-order valence-corrected chi connectivity index (χ4v) is 4.01. The summed E-state index contributed by atoms with van der Waals surface area (Å²) in [4.78, 5) is 0. The Kier molecular flexibility index (Phi) is 3.65. The molecule has 1 saturated carbocycles. The average molecular weight is 254 g/mol. The van der Waals surface area contributed by atoms with Gasteiger partial charge in [-0.25, -0.2) is 0 Å². The topological polar surface area (TPSA) is 18.5 Å². The third kappa shape index (κ3) is 2.73. The van der Waals surface area contributed by atoms with Crippen molar-refractivity contribution in [1.82, 2.24) is 0 Å². The normalized spacial score (nSPS) is 34.8. The van der Waals surface area contributed by atoms with Gasteiger partial charge in [-0.2, -0.15) is 0 Å². The summed E-state index contributed by atoms with van der Waals surface area (Å²) in [7, 11) is 2.40. The molecule has 3 rings (SSSR count). The molecule has 1 aliphatic carbocycles. The fraction of sp³-hybridized carbons (Fsp3) is 1.00. The van der Waals surface area contributed by atoms with E-state index in [1.807, 2.05) is 0 Å². The predicted molar refractivity (Wildman–Crippen MR) is 71.3 cm³/mol. The van der Waals surface area contributed by atoms with Crippen molar-refractivity contribution in [3.63, 3.8) is 0 Å². The van der Waals surface area contributed by atoms with Crippen LogP contribution in [0.1, 0.15) is 51.4 Å². The standard InChI is InChI=1S/C15H28NO2/c1-16(10-6-3-7-11-16)12-14-13-17-15(18-14)8-4-2-5-9-15/h14H,2-13H2,1H3/q+1/t14-/m0/s1. The van der Waals surface area contributed by atoms with Crippen molar-refractivity contribution < 1.29 is 14.0 Å². The van der Waals surface area contributed by atoms with Gasteiger partial charge in [0.2, 0.25) is 0 Å². The molecule has 2 heterocycles. The van der Waals surface area contributed by atoms with Gasteiger partial charge in [0, 0.05) is 12.8 Å². The molecule has 3 nitrogen and oxygen atoms in total. The lowest BCUT2D eigenvalue weighted by Crippen LogP contribution is -2.52. The van der Waals surface area contributed by atoms with Crippen LogP contribution in [0.5, 0.6) is 0 Å². The Bertz CT molecular complexity index is 280. The third-order valence-corrected chi connectivity index (χ3v) is 5.07. The van der Waals surface area contributed by atoms with Gasteiger partial charge in [-0.05, 0) is 32.1 Å². The molecule has 3 heteroatoms. The van der Waals surface area contributed by atoms with E-state index < -0.39 is 0 Å². The molecule has 1 atom stereocenters. The molecule has 2 aliphatic heterocycles. The monoisotopic (exact) mass is 254 g/mol. The van der Waals surface area contributed by atoms with E-state index in [0.29, 0.717) is 6.10 Å². The Labute approximate surface area is 111 Å². The number of rotatable bonds is 2. The van der Waals surface area contributed by atoms with Gasteiger partial charge < -0.3 is 14.0 Å². The number of likely N-dealkylation sites (tertiary alicyclic amines) is 1. The van der Waals surface area contributed by atoms with Crippen molar-refractivity contribution in [3.8, 4) is 0 Å². The van der Waals surface area contributed by atoms with Gasteiger partial charge in [-0.15, -0.1) is 0 Å². The molecule has 0 radical (unpaired) electrons. The third-order valence-electron chi connectivity index (χ3n) is 5.07. The molecule has 0 aromatic rings. The number of hydrogen-bond donors (Lipinski definition) is 0. The van der Waals surface area contributed by atoms with Crippen LogP contribution in [0, 0.1) is 0 Å². The molecule has 2 saturated heterocycles. The van der Waals surface area contributed by atoms with Crippen LogP contribution in [0.3, 0.4) is 0 Å². The molecule has 0 amide bonds. The van der Waals surface area contributed by atoms with E-state index >= 15 is 0 Å². The molecule has 3 fully saturated rings. The van der Waals surface area contributed by atoms with Gasteiger partial charge in [-0.1, -0.05) is 6.42 Å². The van der Waals surface area contributed by atoms with Crippen LogP contribution in [0.15, 0.2) is 0 Å². The summed E-state index contributed by atoms with van der Waals surface area (Å²) in [5, 5.41) is 0. The van der Waals surface area contributed by atoms with Gasteiger partial charge >= 0.3 is 0 Å². The molecular formula is C15H28NO2+. The first-order valence-electron chi connectivity index (χ1n) is 7.85. The van der Waals surface area contributed by atoms with Crippen LogP contribution < -0.4 is 0 Å². The summed E-state index contributed by atoms with van der Waals surface area (Å²) in [5.41, 5.74) is 0. The van der Waals surface area contributed by atoms with Crippen molar-refractivity contribution in [2.45, 2.75) is 63.3 Å². The molecule has 0 aromatic carbocycles. The number of nitrogens with zero attached hydrogens (tertiary/aromatic N) is 1. The molecule has 104 valence electrons. The molecule has 0 unspecified atom stereocenters. The fourth-order valence-electron chi connectivity index (χ4n) is 4.01. The number of piperidine rings is 1. The number of quaternary nitrogens is 1. The van der Waals surface area contributed by atoms with Gasteiger partial charge in [0.05, 0.1) is 26.7 Å². The summed E-state index contributed by atoms with van der Waals surface area (Å²) in [6.45, 7) is 4.63. The highest BCUT2D eigenvalue weighted by Crippen LogP contribution is 2.38. The number of hydrogen-bond acceptors (Lipinski definition) is 2. The van der Waals surface area contributed by atoms with Crippen molar-refractivity contribution in [2.24, 2.45) is 0 Å². The largest absolute Gasteiger partial charge is 0.347 e. The van der Waals surface area contributed by atoms with E-state index in [1.165, 1.54) is 56.1 Å². The maximum Gasteiger partial charge on any atom is 0.169 e. The summed E-state index contributed by atoms with van der Waals surface area (Å²) in [6, 6.07) is 0. The van der Waals surface area contributed by atoms with Gasteiger partial charge in [0.15, 0.2) is 5.79 Å². The minimum atomic E-state index is -0.183. The first kappa shape index (κ1) is 12.9. The Morgan fingerprint density at radius 2 is 1.67 bits per heavy atom. The lowest BCUT2D eigenvalue weighted by atomic mass is 9.94. The summed E-state index contributed by atoms with van der Waals surface area (Å²) < 4.78 is 13.6. The maximum atomic E-state index is 6.32. The maximum absolute atomic E-state index is 6.32. The summed E-state index contributed by atoms with van der Waals surface area (Å²) in [6.07, 6.45) is 10.7. The van der Waals surface area contributed by atoms with E-state index in [1.54, 1.807) is 0 Å². The second-order valence-corrected chi connectivity index (χ2v) is 6.83. The number of likely N-dealkylation sites (N-methyl/N-ethyl adjacent to an activating group) is 1. The van der Waals surface area contributed by atoms with Crippen LogP contribution in [0.4, 0.5) is 0 Å². The molecule has 18 heavy (non-hydrogen) atoms. The second-order valence-electron chi connectivity index (χ2n) is 6.83.